The van der Waals surface area contributed by atoms with Gasteiger partial charge in [0.15, 0.2) is 4.80 Å². The lowest BCUT2D eigenvalue weighted by molar-refractivity contribution is -0.143. The highest BCUT2D eigenvalue weighted by atomic mass is 32.1. The van der Waals surface area contributed by atoms with E-state index in [1.807, 2.05) is 17.5 Å². The molecule has 0 saturated carbocycles. The van der Waals surface area contributed by atoms with Crippen molar-refractivity contribution in [3.05, 3.63) is 88.7 Å². The summed E-state index contributed by atoms with van der Waals surface area (Å²) in [5.41, 5.74) is 1.85. The van der Waals surface area contributed by atoms with Crippen molar-refractivity contribution in [3.63, 3.8) is 0 Å². The number of carbonyl (C=O) groups excluding carboxylic acids is 2. The van der Waals surface area contributed by atoms with Crippen LogP contribution >= 0.6 is 22.7 Å². The Morgan fingerprint density at radius 1 is 1.15 bits per heavy atom. The molecule has 0 N–H and O–H groups in total. The molecule has 7 nitrogen and oxygen atoms in total. The summed E-state index contributed by atoms with van der Waals surface area (Å²) in [5, 5.41) is 1.91. The smallest absolute Gasteiger partial charge is 0.338 e. The van der Waals surface area contributed by atoms with E-state index in [0.717, 1.165) is 10.4 Å². The van der Waals surface area contributed by atoms with Crippen molar-refractivity contribution in [2.75, 3.05) is 7.11 Å². The Balaban J connectivity index is 1.84. The standard InChI is InChI=1S/C24H22N2O5S2/c1-13(2)31-23(29)19-14(3)25-24-26(20(19)17-6-5-11-32-17)21(27)18(33-24)12-15-7-9-16(10-8-15)22(28)30-4/h5-13,20H,1-4H3/b18-12-/t20-/m1/s1. The zero-order valence-corrected chi connectivity index (χ0v) is 20.2. The molecule has 1 aromatic carbocycles. The van der Waals surface area contributed by atoms with Crippen LogP contribution in [0.2, 0.25) is 0 Å². The van der Waals surface area contributed by atoms with Crippen molar-refractivity contribution in [1.82, 2.24) is 4.57 Å². The van der Waals surface area contributed by atoms with Crippen molar-refractivity contribution < 1.29 is 19.1 Å². The minimum Gasteiger partial charge on any atom is -0.465 e. The van der Waals surface area contributed by atoms with Crippen LogP contribution in [0.1, 0.15) is 47.6 Å². The number of benzene rings is 1. The number of fused-ring (bicyclic) bond motifs is 1. The number of nitrogens with zero attached hydrogens (tertiary/aromatic N) is 2. The van der Waals surface area contributed by atoms with Crippen LogP contribution in [0.25, 0.3) is 6.08 Å². The minimum atomic E-state index is -0.601. The highest BCUT2D eigenvalue weighted by Gasteiger charge is 2.34. The van der Waals surface area contributed by atoms with E-state index < -0.39 is 18.0 Å². The number of hydrogen-bond donors (Lipinski definition) is 0. The summed E-state index contributed by atoms with van der Waals surface area (Å²) in [4.78, 5) is 44.1. The first-order valence-corrected chi connectivity index (χ1v) is 11.9. The Hall–Kier alpha value is -3.30. The Bertz CT molecular complexity index is 1410. The monoisotopic (exact) mass is 482 g/mol. The average Bonchev–Trinajstić information content (AvgIpc) is 3.41. The second kappa shape index (κ2) is 9.29. The number of allylic oxidation sites excluding steroid dienone is 1. The van der Waals surface area contributed by atoms with Gasteiger partial charge in [-0.25, -0.2) is 14.6 Å². The third kappa shape index (κ3) is 4.46. The summed E-state index contributed by atoms with van der Waals surface area (Å²) >= 11 is 2.73. The first kappa shape index (κ1) is 22.9. The van der Waals surface area contributed by atoms with Gasteiger partial charge in [0.25, 0.3) is 5.56 Å². The summed E-state index contributed by atoms with van der Waals surface area (Å²) < 4.78 is 12.2. The van der Waals surface area contributed by atoms with Gasteiger partial charge in [0, 0.05) is 4.88 Å². The quantitative estimate of drug-likeness (QED) is 0.522. The summed E-state index contributed by atoms with van der Waals surface area (Å²) in [6, 6.07) is 9.98. The normalized spacial score (nSPS) is 15.9. The molecule has 3 heterocycles. The van der Waals surface area contributed by atoms with Crippen LogP contribution < -0.4 is 14.9 Å². The molecule has 0 fully saturated rings. The van der Waals surface area contributed by atoms with Gasteiger partial charge in [0.2, 0.25) is 0 Å². The van der Waals surface area contributed by atoms with E-state index >= 15 is 0 Å². The second-order valence-corrected chi connectivity index (χ2v) is 9.65. The van der Waals surface area contributed by atoms with Crippen LogP contribution in [0.15, 0.2) is 62.8 Å². The molecule has 2 aromatic heterocycles. The highest BCUT2D eigenvalue weighted by Crippen LogP contribution is 2.33. The molecule has 0 radical (unpaired) electrons. The van der Waals surface area contributed by atoms with Gasteiger partial charge in [0.05, 0.1) is 34.6 Å². The first-order chi connectivity index (χ1) is 15.8. The predicted molar refractivity (Wildman–Crippen MR) is 127 cm³/mol. The molecule has 0 spiro atoms. The lowest BCUT2D eigenvalue weighted by Crippen LogP contribution is -2.39. The number of rotatable bonds is 5. The molecule has 1 aliphatic heterocycles. The van der Waals surface area contributed by atoms with Crippen LogP contribution in [-0.4, -0.2) is 29.7 Å². The van der Waals surface area contributed by atoms with E-state index in [0.29, 0.717) is 26.2 Å². The fraction of sp³-hybridized carbons (Fsp3) is 0.250. The Labute approximate surface area is 197 Å². The number of ether oxygens (including phenoxy) is 2. The molecule has 4 rings (SSSR count). The van der Waals surface area contributed by atoms with Crippen LogP contribution in [-0.2, 0) is 14.3 Å². The lowest BCUT2D eigenvalue weighted by atomic mass is 10.0. The predicted octanol–water partition coefficient (Wildman–Crippen LogP) is 3.03. The van der Waals surface area contributed by atoms with Crippen molar-refractivity contribution in [1.29, 1.82) is 0 Å². The summed E-state index contributed by atoms with van der Waals surface area (Å²) in [7, 11) is 1.33. The summed E-state index contributed by atoms with van der Waals surface area (Å²) in [6.45, 7) is 5.34. The number of aromatic nitrogens is 1. The summed E-state index contributed by atoms with van der Waals surface area (Å²) in [6.07, 6.45) is 1.46. The van der Waals surface area contributed by atoms with Gasteiger partial charge in [-0.05, 0) is 56.0 Å². The van der Waals surface area contributed by atoms with E-state index in [1.54, 1.807) is 55.7 Å². The molecule has 0 amide bonds. The van der Waals surface area contributed by atoms with Crippen molar-refractivity contribution in [3.8, 4) is 0 Å². The van der Waals surface area contributed by atoms with Gasteiger partial charge in [-0.1, -0.05) is 29.5 Å². The highest BCUT2D eigenvalue weighted by molar-refractivity contribution is 7.10. The summed E-state index contributed by atoms with van der Waals surface area (Å²) in [5.74, 6) is -0.898. The maximum Gasteiger partial charge on any atom is 0.338 e. The van der Waals surface area contributed by atoms with Crippen molar-refractivity contribution in [2.24, 2.45) is 4.99 Å². The van der Waals surface area contributed by atoms with Gasteiger partial charge in [-0.15, -0.1) is 11.3 Å². The molecule has 0 aliphatic carbocycles. The van der Waals surface area contributed by atoms with Gasteiger partial charge < -0.3 is 9.47 Å². The van der Waals surface area contributed by atoms with Crippen LogP contribution in [0.4, 0.5) is 0 Å². The van der Waals surface area contributed by atoms with Crippen molar-refractivity contribution >= 4 is 40.7 Å². The minimum absolute atomic E-state index is 0.239. The Morgan fingerprint density at radius 3 is 2.48 bits per heavy atom. The maximum absolute atomic E-state index is 13.5. The maximum atomic E-state index is 13.5. The van der Waals surface area contributed by atoms with E-state index in [1.165, 1.54) is 29.8 Å². The number of carbonyl (C=O) groups is 2. The molecule has 0 unspecified atom stereocenters. The molecule has 170 valence electrons. The average molecular weight is 483 g/mol. The fourth-order valence-electron chi connectivity index (χ4n) is 3.56. The van der Waals surface area contributed by atoms with Gasteiger partial charge in [0.1, 0.15) is 6.04 Å². The second-order valence-electron chi connectivity index (χ2n) is 7.66. The zero-order chi connectivity index (χ0) is 23.7. The third-order valence-electron chi connectivity index (χ3n) is 5.03. The Morgan fingerprint density at radius 2 is 1.88 bits per heavy atom. The fourth-order valence-corrected chi connectivity index (χ4v) is 5.43. The number of methoxy groups -OCH3 is 1. The largest absolute Gasteiger partial charge is 0.465 e. The van der Waals surface area contributed by atoms with Crippen LogP contribution in [0, 0.1) is 0 Å². The van der Waals surface area contributed by atoms with E-state index in [-0.39, 0.29) is 11.7 Å². The molecule has 33 heavy (non-hydrogen) atoms. The molecular weight excluding hydrogens is 460 g/mol. The first-order valence-electron chi connectivity index (χ1n) is 10.3. The number of esters is 2. The number of thiazole rings is 1. The van der Waals surface area contributed by atoms with Gasteiger partial charge in [-0.2, -0.15) is 0 Å². The molecule has 9 heteroatoms. The van der Waals surface area contributed by atoms with Gasteiger partial charge in [-0.3, -0.25) is 9.36 Å². The Kier molecular flexibility index (Phi) is 6.44. The molecule has 1 atom stereocenters. The molecular formula is C24H22N2O5S2. The number of hydrogen-bond acceptors (Lipinski definition) is 8. The molecule has 0 saturated heterocycles. The van der Waals surface area contributed by atoms with Crippen LogP contribution in [0.3, 0.4) is 0 Å². The van der Waals surface area contributed by atoms with Crippen LogP contribution in [0.5, 0.6) is 0 Å². The third-order valence-corrected chi connectivity index (χ3v) is 6.93. The molecule has 3 aromatic rings. The van der Waals surface area contributed by atoms with E-state index in [4.69, 9.17) is 9.47 Å². The number of thiophene rings is 1. The zero-order valence-electron chi connectivity index (χ0n) is 18.5. The van der Waals surface area contributed by atoms with E-state index in [9.17, 15) is 14.4 Å². The molecule has 1 aliphatic rings. The SMILES string of the molecule is COC(=O)c1ccc(/C=c2\sc3n(c2=O)[C@H](c2cccs2)C(C(=O)OC(C)C)=C(C)N=3)cc1. The van der Waals surface area contributed by atoms with Gasteiger partial charge >= 0.3 is 11.9 Å². The van der Waals surface area contributed by atoms with Crippen molar-refractivity contribution in [2.45, 2.75) is 32.9 Å². The topological polar surface area (TPSA) is 87.0 Å². The lowest BCUT2D eigenvalue weighted by Gasteiger charge is -2.24. The van der Waals surface area contributed by atoms with E-state index in [2.05, 4.69) is 4.99 Å². The molecule has 0 bridgehead atoms.